The van der Waals surface area contributed by atoms with Crippen LogP contribution in [-0.2, 0) is 48.4 Å². The summed E-state index contributed by atoms with van der Waals surface area (Å²) in [7, 11) is 0.103. The van der Waals surface area contributed by atoms with Crippen LogP contribution in [0.5, 0.6) is 0 Å². The molecule has 0 amide bonds. The molecule has 0 aliphatic heterocycles. The Morgan fingerprint density at radius 1 is 0.489 bits per heavy atom. The van der Waals surface area contributed by atoms with Gasteiger partial charge in [0.05, 0.1) is 0 Å². The minimum atomic E-state index is -3.02. The van der Waals surface area contributed by atoms with Crippen LogP contribution in [0.15, 0.2) is 60.7 Å². The van der Waals surface area contributed by atoms with Gasteiger partial charge in [0.25, 0.3) is 0 Å². The van der Waals surface area contributed by atoms with Gasteiger partial charge in [0, 0.05) is 51.4 Å². The van der Waals surface area contributed by atoms with Crippen molar-refractivity contribution in [3.8, 4) is 0 Å². The Morgan fingerprint density at radius 3 is 0.911 bits per heavy atom. The third-order valence-electron chi connectivity index (χ3n) is 8.04. The third-order valence-corrected chi connectivity index (χ3v) is 16.5. The Morgan fingerprint density at radius 2 is 0.733 bits per heavy atom. The number of Topliss-reactive ketones (excluding diaryl/α,β-unsaturated/α-hetero) is 4. The van der Waals surface area contributed by atoms with E-state index in [-0.39, 0.29) is 67.1 Å². The third kappa shape index (κ3) is 10.0. The molecule has 0 heterocycles. The number of ketones is 4. The largest absolute Gasteiger partial charge is 2.00 e. The molecule has 252 valence electrons. The molecule has 2 rings (SSSR count). The van der Waals surface area contributed by atoms with Crippen LogP contribution in [0.4, 0.5) is 0 Å². The molecule has 2 aromatic carbocycles. The molecule has 0 N–H and O–H groups in total. The minimum Gasteiger partial charge on any atom is -0.397 e. The Labute approximate surface area is 286 Å². The smallest absolute Gasteiger partial charge is 0.397 e. The van der Waals surface area contributed by atoms with Gasteiger partial charge in [-0.1, -0.05) is 116 Å². The Hall–Kier alpha value is -1.92. The van der Waals surface area contributed by atoms with Crippen LogP contribution in [-0.4, -0.2) is 68.7 Å². The molecule has 2 atom stereocenters. The maximum atomic E-state index is 13.0. The molecule has 0 saturated carbocycles. The second-order valence-corrected chi connectivity index (χ2v) is 20.0. The second kappa shape index (κ2) is 19.7. The van der Waals surface area contributed by atoms with Crippen LogP contribution in [0, 0.1) is 11.8 Å². The maximum absolute atomic E-state index is 13.0. The van der Waals surface area contributed by atoms with Crippen molar-refractivity contribution in [3.05, 3.63) is 71.8 Å². The number of carbonyl (C=O) groups is 4. The van der Waals surface area contributed by atoms with E-state index in [9.17, 15) is 19.2 Å². The molecule has 0 saturated heterocycles. The molecular weight excluding hydrogens is 788 g/mol. The van der Waals surface area contributed by atoms with Gasteiger partial charge in [-0.05, 0) is 11.1 Å². The average molecular weight is 840 g/mol. The normalized spacial score (nSPS) is 13.2. The SMILES string of the molecule is CO[Si](OC)(C(C)C)C(C(=O)c1ccccc1)C(=O)C(C)C.CO[Si](OC)(C(C)C)C(C(=O)c1ccccc1)C(=O)C(C)C.[Pt+2]. The van der Waals surface area contributed by atoms with E-state index in [0.29, 0.717) is 11.1 Å². The van der Waals surface area contributed by atoms with Gasteiger partial charge in [0.15, 0.2) is 11.6 Å². The summed E-state index contributed by atoms with van der Waals surface area (Å²) in [6, 6.07) is 17.8. The molecule has 2 unspecified atom stereocenters. The Bertz CT molecular complexity index is 1120. The number of hydrogen-bond donors (Lipinski definition) is 0. The molecule has 0 fully saturated rings. The first-order valence-corrected chi connectivity index (χ1v) is 19.0. The quantitative estimate of drug-likeness (QED) is 0.0993. The fourth-order valence-electron chi connectivity index (χ4n) is 5.47. The molecule has 0 aromatic heterocycles. The van der Waals surface area contributed by atoms with E-state index in [1.54, 1.807) is 76.2 Å². The Balaban J connectivity index is 0.000000842. The zero-order valence-electron chi connectivity index (χ0n) is 28.8. The van der Waals surface area contributed by atoms with Gasteiger partial charge < -0.3 is 17.7 Å². The van der Waals surface area contributed by atoms with E-state index >= 15 is 0 Å². The molecular formula is C34H52O8PtSi2+2. The van der Waals surface area contributed by atoms with Crippen LogP contribution in [0.2, 0.25) is 22.2 Å². The predicted octanol–water partition coefficient (Wildman–Crippen LogP) is 7.22. The van der Waals surface area contributed by atoms with Gasteiger partial charge in [-0.25, -0.2) is 0 Å². The van der Waals surface area contributed by atoms with E-state index in [0.717, 1.165) is 0 Å². The zero-order valence-corrected chi connectivity index (χ0v) is 33.1. The van der Waals surface area contributed by atoms with Gasteiger partial charge in [-0.3, -0.25) is 19.2 Å². The molecule has 8 nitrogen and oxygen atoms in total. The molecule has 0 spiro atoms. The molecule has 2 aromatic rings. The van der Waals surface area contributed by atoms with Crippen molar-refractivity contribution in [2.75, 3.05) is 28.4 Å². The Kier molecular flexibility index (Phi) is 18.8. The van der Waals surface area contributed by atoms with E-state index in [1.165, 1.54) is 28.4 Å². The summed E-state index contributed by atoms with van der Waals surface area (Å²) in [5.74, 6) is -1.15. The fraction of sp³-hybridized carbons (Fsp3) is 0.529. The van der Waals surface area contributed by atoms with Crippen LogP contribution in [0.1, 0.15) is 76.1 Å². The van der Waals surface area contributed by atoms with Crippen molar-refractivity contribution in [2.45, 2.75) is 77.6 Å². The van der Waals surface area contributed by atoms with Crippen LogP contribution in [0.3, 0.4) is 0 Å². The maximum Gasteiger partial charge on any atom is 2.00 e. The number of carbonyl (C=O) groups excluding carboxylic acids is 4. The van der Waals surface area contributed by atoms with Gasteiger partial charge in [-0.2, -0.15) is 0 Å². The van der Waals surface area contributed by atoms with Gasteiger partial charge in [0.1, 0.15) is 22.6 Å². The molecule has 11 heteroatoms. The van der Waals surface area contributed by atoms with Gasteiger partial charge >= 0.3 is 38.2 Å². The average Bonchev–Trinajstić information content (AvgIpc) is 3.02. The van der Waals surface area contributed by atoms with Gasteiger partial charge in [0.2, 0.25) is 0 Å². The monoisotopic (exact) mass is 839 g/mol. The number of benzene rings is 2. The second-order valence-electron chi connectivity index (χ2n) is 12.0. The van der Waals surface area contributed by atoms with Crippen molar-refractivity contribution >= 4 is 40.3 Å². The molecule has 0 radical (unpaired) electrons. The van der Waals surface area contributed by atoms with E-state index in [1.807, 2.05) is 39.8 Å². The van der Waals surface area contributed by atoms with Crippen molar-refractivity contribution in [1.29, 1.82) is 0 Å². The van der Waals surface area contributed by atoms with Gasteiger partial charge in [-0.15, -0.1) is 0 Å². The van der Waals surface area contributed by atoms with Crippen molar-refractivity contribution < 1.29 is 57.9 Å². The standard InChI is InChI=1S/2C17H26O4Si.Pt/c2*1-12(2)15(18)17(22(20-5,21-6)13(3)4)16(19)14-10-8-7-9-11-14;/h2*7-13,17H,1-6H3;/q;;+2. The van der Waals surface area contributed by atoms with Crippen molar-refractivity contribution in [2.24, 2.45) is 11.8 Å². The van der Waals surface area contributed by atoms with Crippen LogP contribution >= 0.6 is 0 Å². The topological polar surface area (TPSA) is 105 Å². The van der Waals surface area contributed by atoms with Crippen LogP contribution < -0.4 is 0 Å². The molecule has 45 heavy (non-hydrogen) atoms. The summed E-state index contributed by atoms with van der Waals surface area (Å²) < 4.78 is 22.8. The summed E-state index contributed by atoms with van der Waals surface area (Å²) in [5.41, 5.74) is -0.721. The van der Waals surface area contributed by atoms with E-state index < -0.39 is 28.2 Å². The molecule has 0 aliphatic carbocycles. The number of rotatable bonds is 16. The summed E-state index contributed by atoms with van der Waals surface area (Å²) >= 11 is 0. The number of hydrogen-bond acceptors (Lipinski definition) is 8. The summed E-state index contributed by atoms with van der Waals surface area (Å²) in [6.07, 6.45) is 0. The van der Waals surface area contributed by atoms with Crippen molar-refractivity contribution in [3.63, 3.8) is 0 Å². The predicted molar refractivity (Wildman–Crippen MR) is 178 cm³/mol. The van der Waals surface area contributed by atoms with Crippen LogP contribution in [0.25, 0.3) is 0 Å². The minimum absolute atomic E-state index is 0. The first-order chi connectivity index (χ1) is 20.6. The first-order valence-electron chi connectivity index (χ1n) is 15.1. The fourth-order valence-corrected chi connectivity index (χ4v) is 12.5. The molecule has 0 aliphatic rings. The molecule has 0 bridgehead atoms. The van der Waals surface area contributed by atoms with E-state index in [2.05, 4.69) is 0 Å². The summed E-state index contributed by atoms with van der Waals surface area (Å²) in [6.45, 7) is 15.0. The van der Waals surface area contributed by atoms with E-state index in [4.69, 9.17) is 17.7 Å². The summed E-state index contributed by atoms with van der Waals surface area (Å²) in [4.78, 5) is 51.6. The summed E-state index contributed by atoms with van der Waals surface area (Å²) in [5, 5.41) is 0. The van der Waals surface area contributed by atoms with Crippen molar-refractivity contribution in [1.82, 2.24) is 0 Å². The zero-order chi connectivity index (χ0) is 33.8. The first kappa shape index (κ1) is 43.1.